The van der Waals surface area contributed by atoms with Crippen LogP contribution in [0.2, 0.25) is 0 Å². The van der Waals surface area contributed by atoms with Gasteiger partial charge in [-0.1, -0.05) is 12.1 Å². The van der Waals surface area contributed by atoms with Crippen LogP contribution in [-0.2, 0) is 6.54 Å². The molecule has 1 N–H and O–H groups in total. The van der Waals surface area contributed by atoms with Gasteiger partial charge >= 0.3 is 5.69 Å². The van der Waals surface area contributed by atoms with Crippen LogP contribution in [0, 0.1) is 21.4 Å². The third kappa shape index (κ3) is 3.15. The van der Waals surface area contributed by atoms with Crippen molar-refractivity contribution in [2.75, 3.05) is 11.9 Å². The Kier molecular flexibility index (Phi) is 4.34. The zero-order chi connectivity index (χ0) is 16.9. The molecule has 0 atom stereocenters. The number of aryl methyl sites for hydroxylation is 1. The SMILES string of the molecule is N#Cc1nc(NCCCn2cnc3ccccc32)ccc1[N+](=O)[O-]. The highest BCUT2D eigenvalue weighted by Crippen LogP contribution is 2.18. The minimum Gasteiger partial charge on any atom is -0.370 e. The number of pyridine rings is 1. The van der Waals surface area contributed by atoms with Crippen molar-refractivity contribution >= 4 is 22.5 Å². The van der Waals surface area contributed by atoms with Gasteiger partial charge in [0.05, 0.1) is 22.3 Å². The highest BCUT2D eigenvalue weighted by Gasteiger charge is 2.15. The number of aromatic nitrogens is 3. The number of para-hydroxylation sites is 2. The lowest BCUT2D eigenvalue weighted by Gasteiger charge is -2.07. The minimum absolute atomic E-state index is 0.189. The summed E-state index contributed by atoms with van der Waals surface area (Å²) >= 11 is 0. The fraction of sp³-hybridized carbons (Fsp3) is 0.188. The summed E-state index contributed by atoms with van der Waals surface area (Å²) in [6.07, 6.45) is 2.63. The molecule has 3 rings (SSSR count). The lowest BCUT2D eigenvalue weighted by atomic mass is 10.3. The van der Waals surface area contributed by atoms with E-state index in [1.807, 2.05) is 30.6 Å². The van der Waals surface area contributed by atoms with Crippen molar-refractivity contribution in [1.82, 2.24) is 14.5 Å². The van der Waals surface area contributed by atoms with Crippen molar-refractivity contribution in [3.63, 3.8) is 0 Å². The van der Waals surface area contributed by atoms with E-state index in [9.17, 15) is 10.1 Å². The molecule has 2 aromatic heterocycles. The van der Waals surface area contributed by atoms with Gasteiger partial charge in [-0.15, -0.1) is 0 Å². The quantitative estimate of drug-likeness (QED) is 0.424. The van der Waals surface area contributed by atoms with Gasteiger partial charge in [0.1, 0.15) is 11.9 Å². The van der Waals surface area contributed by atoms with Crippen LogP contribution in [0.4, 0.5) is 11.5 Å². The summed E-state index contributed by atoms with van der Waals surface area (Å²) in [5.74, 6) is 0.452. The molecule has 0 unspecified atom stereocenters. The fourth-order valence-electron chi connectivity index (χ4n) is 2.43. The van der Waals surface area contributed by atoms with Gasteiger partial charge in [0.2, 0.25) is 5.69 Å². The molecule has 0 saturated heterocycles. The maximum Gasteiger partial charge on any atom is 0.305 e. The van der Waals surface area contributed by atoms with E-state index in [-0.39, 0.29) is 11.4 Å². The predicted octanol–water partition coefficient (Wildman–Crippen LogP) is 2.71. The van der Waals surface area contributed by atoms with E-state index >= 15 is 0 Å². The van der Waals surface area contributed by atoms with Gasteiger partial charge in [-0.3, -0.25) is 10.1 Å². The molecule has 0 aliphatic carbocycles. The molecule has 1 aromatic carbocycles. The molecule has 8 heteroatoms. The number of nitriles is 1. The number of nitro groups is 1. The Hall–Kier alpha value is -3.47. The second kappa shape index (κ2) is 6.75. The van der Waals surface area contributed by atoms with Crippen molar-refractivity contribution in [1.29, 1.82) is 5.26 Å². The van der Waals surface area contributed by atoms with E-state index in [0.717, 1.165) is 24.0 Å². The molecule has 0 saturated carbocycles. The summed E-state index contributed by atoms with van der Waals surface area (Å²) in [4.78, 5) is 18.5. The zero-order valence-corrected chi connectivity index (χ0v) is 12.7. The molecule has 8 nitrogen and oxygen atoms in total. The number of nitrogens with zero attached hydrogens (tertiary/aromatic N) is 5. The van der Waals surface area contributed by atoms with E-state index in [2.05, 4.69) is 19.9 Å². The van der Waals surface area contributed by atoms with Gasteiger partial charge in [-0.2, -0.15) is 5.26 Å². The van der Waals surface area contributed by atoms with Crippen LogP contribution in [0.1, 0.15) is 12.1 Å². The zero-order valence-electron chi connectivity index (χ0n) is 12.7. The molecule has 3 aromatic rings. The Labute approximate surface area is 137 Å². The number of rotatable bonds is 6. The van der Waals surface area contributed by atoms with Crippen LogP contribution in [-0.4, -0.2) is 26.0 Å². The normalized spacial score (nSPS) is 10.5. The first kappa shape index (κ1) is 15.4. The van der Waals surface area contributed by atoms with E-state index in [1.54, 1.807) is 6.07 Å². The first-order valence-electron chi connectivity index (χ1n) is 7.38. The van der Waals surface area contributed by atoms with E-state index in [1.165, 1.54) is 12.1 Å². The van der Waals surface area contributed by atoms with Crippen LogP contribution in [0.3, 0.4) is 0 Å². The third-order valence-electron chi connectivity index (χ3n) is 3.59. The van der Waals surface area contributed by atoms with Crippen LogP contribution in [0.25, 0.3) is 11.0 Å². The van der Waals surface area contributed by atoms with Gasteiger partial charge in [-0.05, 0) is 24.6 Å². The average Bonchev–Trinajstić information content (AvgIpc) is 3.01. The summed E-state index contributed by atoms with van der Waals surface area (Å²) in [5, 5.41) is 22.8. The van der Waals surface area contributed by atoms with Gasteiger partial charge in [0, 0.05) is 19.2 Å². The molecule has 0 amide bonds. The lowest BCUT2D eigenvalue weighted by molar-refractivity contribution is -0.385. The Morgan fingerprint density at radius 3 is 2.92 bits per heavy atom. The van der Waals surface area contributed by atoms with Gasteiger partial charge in [0.25, 0.3) is 0 Å². The summed E-state index contributed by atoms with van der Waals surface area (Å²) in [5.41, 5.74) is 1.57. The topological polar surface area (TPSA) is 110 Å². The van der Waals surface area contributed by atoms with Crippen molar-refractivity contribution < 1.29 is 4.92 Å². The number of anilines is 1. The summed E-state index contributed by atoms with van der Waals surface area (Å²) in [7, 11) is 0. The molecule has 0 fully saturated rings. The Bertz CT molecular complexity index is 928. The van der Waals surface area contributed by atoms with Gasteiger partial charge < -0.3 is 9.88 Å². The molecule has 0 spiro atoms. The summed E-state index contributed by atoms with van der Waals surface area (Å²) < 4.78 is 2.07. The first-order chi connectivity index (χ1) is 11.7. The molecule has 0 radical (unpaired) electrons. The minimum atomic E-state index is -0.612. The lowest BCUT2D eigenvalue weighted by Crippen LogP contribution is -2.08. The summed E-state index contributed by atoms with van der Waals surface area (Å²) in [6.45, 7) is 1.41. The molecule has 0 aliphatic heterocycles. The van der Waals surface area contributed by atoms with Crippen molar-refractivity contribution in [3.05, 3.63) is 58.5 Å². The molecule has 24 heavy (non-hydrogen) atoms. The van der Waals surface area contributed by atoms with Crippen LogP contribution < -0.4 is 5.32 Å². The number of fused-ring (bicyclic) bond motifs is 1. The maximum absolute atomic E-state index is 10.8. The second-order valence-corrected chi connectivity index (χ2v) is 5.14. The van der Waals surface area contributed by atoms with Crippen LogP contribution in [0.15, 0.2) is 42.7 Å². The Balaban J connectivity index is 1.59. The number of hydrogen-bond donors (Lipinski definition) is 1. The largest absolute Gasteiger partial charge is 0.370 e. The third-order valence-corrected chi connectivity index (χ3v) is 3.59. The second-order valence-electron chi connectivity index (χ2n) is 5.14. The van der Waals surface area contributed by atoms with Crippen molar-refractivity contribution in [2.45, 2.75) is 13.0 Å². The van der Waals surface area contributed by atoms with Gasteiger partial charge in [0.15, 0.2) is 0 Å². The van der Waals surface area contributed by atoms with Crippen molar-refractivity contribution in [3.8, 4) is 6.07 Å². The highest BCUT2D eigenvalue weighted by atomic mass is 16.6. The predicted molar refractivity (Wildman–Crippen MR) is 88.4 cm³/mol. The van der Waals surface area contributed by atoms with E-state index < -0.39 is 4.92 Å². The molecular weight excluding hydrogens is 308 g/mol. The summed E-state index contributed by atoms with van der Waals surface area (Å²) in [6, 6.07) is 12.5. The van der Waals surface area contributed by atoms with E-state index in [0.29, 0.717) is 12.4 Å². The molecular formula is C16H14N6O2. The number of hydrogen-bond acceptors (Lipinski definition) is 6. The molecule has 0 bridgehead atoms. The number of nitrogens with one attached hydrogen (secondary N) is 1. The standard InChI is InChI=1S/C16H14N6O2/c17-10-13-15(22(23)24)6-7-16(20-13)18-8-3-9-21-11-19-12-4-1-2-5-14(12)21/h1-2,4-7,11H,3,8-9H2,(H,18,20). The first-order valence-corrected chi connectivity index (χ1v) is 7.38. The molecule has 0 aliphatic rings. The Morgan fingerprint density at radius 1 is 1.29 bits per heavy atom. The maximum atomic E-state index is 10.8. The molecule has 120 valence electrons. The average molecular weight is 322 g/mol. The monoisotopic (exact) mass is 322 g/mol. The van der Waals surface area contributed by atoms with Crippen LogP contribution >= 0.6 is 0 Å². The number of imidazole rings is 1. The number of benzene rings is 1. The Morgan fingerprint density at radius 2 is 2.12 bits per heavy atom. The molecule has 2 heterocycles. The smallest absolute Gasteiger partial charge is 0.305 e. The van der Waals surface area contributed by atoms with E-state index in [4.69, 9.17) is 5.26 Å². The van der Waals surface area contributed by atoms with Gasteiger partial charge in [-0.25, -0.2) is 9.97 Å². The van der Waals surface area contributed by atoms with Crippen molar-refractivity contribution in [2.24, 2.45) is 0 Å². The fourth-order valence-corrected chi connectivity index (χ4v) is 2.43. The highest BCUT2D eigenvalue weighted by molar-refractivity contribution is 5.74. The van der Waals surface area contributed by atoms with Crippen LogP contribution in [0.5, 0.6) is 0 Å².